The smallest absolute Gasteiger partial charge is 0.265 e. The highest BCUT2D eigenvalue weighted by Crippen LogP contribution is 2.23. The zero-order chi connectivity index (χ0) is 20.1. The van der Waals surface area contributed by atoms with Crippen molar-refractivity contribution in [2.45, 2.75) is 25.4 Å². The molecule has 0 saturated carbocycles. The van der Waals surface area contributed by atoms with Crippen molar-refractivity contribution in [1.29, 1.82) is 0 Å². The molecular weight excluding hydrogens is 374 g/mol. The molecule has 0 aliphatic rings. The molecule has 1 amide bonds. The van der Waals surface area contributed by atoms with Gasteiger partial charge in [0.25, 0.3) is 5.56 Å². The average Bonchev–Trinajstić information content (AvgIpc) is 2.69. The van der Waals surface area contributed by atoms with Gasteiger partial charge in [-0.15, -0.1) is 0 Å². The molecule has 0 radical (unpaired) electrons. The van der Waals surface area contributed by atoms with Gasteiger partial charge in [0.15, 0.2) is 5.16 Å². The van der Waals surface area contributed by atoms with Gasteiger partial charge in [0, 0.05) is 5.69 Å². The Kier molecular flexibility index (Phi) is 6.16. The number of para-hydroxylation sites is 2. The highest BCUT2D eigenvalue weighted by molar-refractivity contribution is 7.99. The molecule has 0 saturated heterocycles. The summed E-state index contributed by atoms with van der Waals surface area (Å²) >= 11 is 1.10. The Morgan fingerprint density at radius 3 is 2.50 bits per heavy atom. The quantitative estimate of drug-likeness (QED) is 0.493. The second kappa shape index (κ2) is 8.75. The molecule has 0 bridgehead atoms. The maximum absolute atomic E-state index is 12.9. The molecule has 144 valence electrons. The minimum atomic E-state index is -0.331. The largest absolute Gasteiger partial charge is 0.493 e. The molecule has 28 heavy (non-hydrogen) atoms. The van der Waals surface area contributed by atoms with Crippen LogP contribution in [0, 0.1) is 6.92 Å². The Labute approximate surface area is 167 Å². The molecule has 0 fully saturated rings. The standard InChI is InChI=1S/C21H21N3O3S/c1-3-16-19(26)23-21(24(20(16)27)15-10-5-4-6-11-15)28-13-18(25)22-17-12-8-7-9-14(17)2/h4-12,26H,3,13H2,1-2H3,(H,22,25). The molecule has 1 aromatic heterocycles. The average molecular weight is 395 g/mol. The summed E-state index contributed by atoms with van der Waals surface area (Å²) in [4.78, 5) is 29.4. The van der Waals surface area contributed by atoms with Crippen molar-refractivity contribution in [2.24, 2.45) is 0 Å². The van der Waals surface area contributed by atoms with Crippen LogP contribution in [0.15, 0.2) is 64.5 Å². The number of anilines is 1. The number of hydrogen-bond donors (Lipinski definition) is 2. The summed E-state index contributed by atoms with van der Waals surface area (Å²) < 4.78 is 1.43. The molecular formula is C21H21N3O3S. The third kappa shape index (κ3) is 4.26. The van der Waals surface area contributed by atoms with E-state index in [1.54, 1.807) is 19.1 Å². The van der Waals surface area contributed by atoms with Crippen molar-refractivity contribution < 1.29 is 9.90 Å². The predicted molar refractivity (Wildman–Crippen MR) is 111 cm³/mol. The van der Waals surface area contributed by atoms with E-state index in [1.807, 2.05) is 49.4 Å². The van der Waals surface area contributed by atoms with E-state index in [0.29, 0.717) is 12.1 Å². The maximum atomic E-state index is 12.9. The summed E-state index contributed by atoms with van der Waals surface area (Å²) in [6.07, 6.45) is 0.364. The van der Waals surface area contributed by atoms with Crippen LogP contribution in [-0.4, -0.2) is 26.3 Å². The lowest BCUT2D eigenvalue weighted by Crippen LogP contribution is -2.25. The Morgan fingerprint density at radius 2 is 1.82 bits per heavy atom. The lowest BCUT2D eigenvalue weighted by atomic mass is 10.2. The van der Waals surface area contributed by atoms with E-state index in [-0.39, 0.29) is 33.8 Å². The molecule has 0 spiro atoms. The lowest BCUT2D eigenvalue weighted by Gasteiger charge is -2.14. The summed E-state index contributed by atoms with van der Waals surface area (Å²) in [5.74, 6) is -0.452. The molecule has 0 unspecified atom stereocenters. The number of carbonyl (C=O) groups excluding carboxylic acids is 1. The van der Waals surface area contributed by atoms with Crippen LogP contribution in [0.25, 0.3) is 5.69 Å². The number of aromatic nitrogens is 2. The van der Waals surface area contributed by atoms with Crippen LogP contribution in [0.1, 0.15) is 18.1 Å². The molecule has 3 aromatic rings. The number of thioether (sulfide) groups is 1. The Bertz CT molecular complexity index is 1050. The van der Waals surface area contributed by atoms with Gasteiger partial charge in [-0.05, 0) is 37.1 Å². The van der Waals surface area contributed by atoms with Gasteiger partial charge in [-0.1, -0.05) is 55.1 Å². The first-order valence-corrected chi connectivity index (χ1v) is 9.88. The topological polar surface area (TPSA) is 84.2 Å². The minimum Gasteiger partial charge on any atom is -0.493 e. The molecule has 0 atom stereocenters. The Hall–Kier alpha value is -3.06. The predicted octanol–water partition coefficient (Wildman–Crippen LogP) is 3.54. The normalized spacial score (nSPS) is 10.6. The Balaban J connectivity index is 1.88. The number of rotatable bonds is 6. The van der Waals surface area contributed by atoms with E-state index in [9.17, 15) is 14.7 Å². The zero-order valence-corrected chi connectivity index (χ0v) is 16.5. The van der Waals surface area contributed by atoms with Crippen molar-refractivity contribution in [2.75, 3.05) is 11.1 Å². The van der Waals surface area contributed by atoms with Crippen molar-refractivity contribution in [3.05, 3.63) is 76.1 Å². The summed E-state index contributed by atoms with van der Waals surface area (Å²) in [6, 6.07) is 16.6. The van der Waals surface area contributed by atoms with E-state index in [4.69, 9.17) is 0 Å². The lowest BCUT2D eigenvalue weighted by molar-refractivity contribution is -0.113. The highest BCUT2D eigenvalue weighted by atomic mass is 32.2. The van der Waals surface area contributed by atoms with Gasteiger partial charge in [0.1, 0.15) is 0 Å². The molecule has 2 N–H and O–H groups in total. The second-order valence-corrected chi connectivity index (χ2v) is 7.12. The molecule has 7 heteroatoms. The van der Waals surface area contributed by atoms with E-state index in [1.165, 1.54) is 4.57 Å². The first-order chi connectivity index (χ1) is 13.5. The van der Waals surface area contributed by atoms with E-state index < -0.39 is 0 Å². The SMILES string of the molecule is CCc1c(O)nc(SCC(=O)Nc2ccccc2C)n(-c2ccccc2)c1=O. The summed E-state index contributed by atoms with van der Waals surface area (Å²) in [5.41, 5.74) is 2.26. The molecule has 2 aromatic carbocycles. The van der Waals surface area contributed by atoms with Crippen molar-refractivity contribution in [1.82, 2.24) is 9.55 Å². The molecule has 0 aliphatic carbocycles. The number of aromatic hydroxyl groups is 1. The number of aryl methyl sites for hydroxylation is 1. The van der Waals surface area contributed by atoms with Crippen LogP contribution in [0.2, 0.25) is 0 Å². The number of nitrogens with one attached hydrogen (secondary N) is 1. The van der Waals surface area contributed by atoms with Crippen molar-refractivity contribution in [3.63, 3.8) is 0 Å². The number of nitrogens with zero attached hydrogens (tertiary/aromatic N) is 2. The van der Waals surface area contributed by atoms with Crippen LogP contribution >= 0.6 is 11.8 Å². The number of amides is 1. The number of hydrogen-bond acceptors (Lipinski definition) is 5. The number of carbonyl (C=O) groups is 1. The molecule has 1 heterocycles. The fourth-order valence-corrected chi connectivity index (χ4v) is 3.57. The first kappa shape index (κ1) is 19.7. The van der Waals surface area contributed by atoms with Crippen molar-refractivity contribution >= 4 is 23.4 Å². The zero-order valence-electron chi connectivity index (χ0n) is 15.7. The van der Waals surface area contributed by atoms with Gasteiger partial charge in [-0.25, -0.2) is 0 Å². The van der Waals surface area contributed by atoms with Crippen LogP contribution in [0.5, 0.6) is 5.88 Å². The van der Waals surface area contributed by atoms with E-state index in [0.717, 1.165) is 23.0 Å². The monoisotopic (exact) mass is 395 g/mol. The van der Waals surface area contributed by atoms with Crippen LogP contribution in [-0.2, 0) is 11.2 Å². The summed E-state index contributed by atoms with van der Waals surface area (Å²) in [7, 11) is 0. The maximum Gasteiger partial charge on any atom is 0.265 e. The van der Waals surface area contributed by atoms with E-state index >= 15 is 0 Å². The summed E-state index contributed by atoms with van der Waals surface area (Å²) in [5, 5.41) is 13.3. The highest BCUT2D eigenvalue weighted by Gasteiger charge is 2.18. The fourth-order valence-electron chi connectivity index (χ4n) is 2.77. The third-order valence-electron chi connectivity index (χ3n) is 4.24. The van der Waals surface area contributed by atoms with E-state index in [2.05, 4.69) is 10.3 Å². The second-order valence-electron chi connectivity index (χ2n) is 6.18. The molecule has 6 nitrogen and oxygen atoms in total. The molecule has 3 rings (SSSR count). The van der Waals surface area contributed by atoms with Crippen LogP contribution in [0.3, 0.4) is 0 Å². The van der Waals surface area contributed by atoms with Crippen LogP contribution in [0.4, 0.5) is 5.69 Å². The minimum absolute atomic E-state index is 0.0541. The van der Waals surface area contributed by atoms with Gasteiger partial charge in [-0.2, -0.15) is 4.98 Å². The first-order valence-electron chi connectivity index (χ1n) is 8.89. The van der Waals surface area contributed by atoms with Gasteiger partial charge < -0.3 is 10.4 Å². The van der Waals surface area contributed by atoms with Gasteiger partial charge >= 0.3 is 0 Å². The van der Waals surface area contributed by atoms with Crippen LogP contribution < -0.4 is 10.9 Å². The van der Waals surface area contributed by atoms with Gasteiger partial charge in [0.05, 0.1) is 17.0 Å². The Morgan fingerprint density at radius 1 is 1.14 bits per heavy atom. The third-order valence-corrected chi connectivity index (χ3v) is 5.18. The van der Waals surface area contributed by atoms with Gasteiger partial charge in [-0.3, -0.25) is 14.2 Å². The number of benzene rings is 2. The van der Waals surface area contributed by atoms with Crippen molar-refractivity contribution in [3.8, 4) is 11.6 Å². The molecule has 0 aliphatic heterocycles. The summed E-state index contributed by atoms with van der Waals surface area (Å²) in [6.45, 7) is 3.70. The fraction of sp³-hybridized carbons (Fsp3) is 0.190. The van der Waals surface area contributed by atoms with Gasteiger partial charge in [0.2, 0.25) is 11.8 Å².